The molecule has 5 nitrogen and oxygen atoms in total. The summed E-state index contributed by atoms with van der Waals surface area (Å²) < 4.78 is 38.3. The van der Waals surface area contributed by atoms with Crippen LogP contribution >= 0.6 is 0 Å². The molecule has 1 fully saturated rings. The summed E-state index contributed by atoms with van der Waals surface area (Å²) in [5.41, 5.74) is 0.868. The van der Waals surface area contributed by atoms with E-state index in [1.54, 1.807) is 6.20 Å². The Morgan fingerprint density at radius 2 is 1.90 bits per heavy atom. The number of Topliss-reactive ketones (excluding diaryl/α,β-unsaturated/α-hetero) is 1. The summed E-state index contributed by atoms with van der Waals surface area (Å²) in [6, 6.07) is 9.91. The van der Waals surface area contributed by atoms with E-state index in [1.165, 1.54) is 6.07 Å². The van der Waals surface area contributed by atoms with Crippen molar-refractivity contribution < 1.29 is 18.0 Å². The topological polar surface area (TPSA) is 52.2 Å². The van der Waals surface area contributed by atoms with Gasteiger partial charge < -0.3 is 9.88 Å². The molecule has 3 aromatic rings. The Kier molecular flexibility index (Phi) is 5.51. The quantitative estimate of drug-likeness (QED) is 0.642. The van der Waals surface area contributed by atoms with Crippen molar-refractivity contribution in [3.05, 3.63) is 59.9 Å². The second kappa shape index (κ2) is 8.10. The molecule has 4 rings (SSSR count). The summed E-state index contributed by atoms with van der Waals surface area (Å²) in [6.45, 7) is 4.58. The van der Waals surface area contributed by atoms with Crippen LogP contribution in [0.1, 0.15) is 29.3 Å². The number of anilines is 1. The van der Waals surface area contributed by atoms with Crippen molar-refractivity contribution in [2.45, 2.75) is 25.6 Å². The van der Waals surface area contributed by atoms with Crippen LogP contribution in [0.25, 0.3) is 10.9 Å². The molecule has 0 radical (unpaired) electrons. The summed E-state index contributed by atoms with van der Waals surface area (Å²) >= 11 is 0. The zero-order chi connectivity index (χ0) is 21.3. The summed E-state index contributed by atoms with van der Waals surface area (Å²) in [4.78, 5) is 24.4. The first kappa shape index (κ1) is 20.4. The fraction of sp³-hybridized carbons (Fsp3) is 0.364. The number of aromatic amines is 1. The van der Waals surface area contributed by atoms with Gasteiger partial charge in [-0.3, -0.25) is 9.69 Å². The van der Waals surface area contributed by atoms with Crippen LogP contribution < -0.4 is 4.90 Å². The molecule has 0 spiro atoms. The maximum atomic E-state index is 13.1. The minimum absolute atomic E-state index is 0.0635. The van der Waals surface area contributed by atoms with Gasteiger partial charge in [-0.25, -0.2) is 4.98 Å². The zero-order valence-corrected chi connectivity index (χ0v) is 16.6. The summed E-state index contributed by atoms with van der Waals surface area (Å²) in [5, 5.41) is 0.916. The van der Waals surface area contributed by atoms with Gasteiger partial charge in [-0.15, -0.1) is 0 Å². The van der Waals surface area contributed by atoms with E-state index in [9.17, 15) is 18.0 Å². The van der Waals surface area contributed by atoms with Gasteiger partial charge >= 0.3 is 6.18 Å². The second-order valence-electron chi connectivity index (χ2n) is 7.57. The van der Waals surface area contributed by atoms with Gasteiger partial charge in [0, 0.05) is 55.0 Å². The highest BCUT2D eigenvalue weighted by atomic mass is 19.4. The number of fused-ring (bicyclic) bond motifs is 1. The number of ketones is 1. The van der Waals surface area contributed by atoms with E-state index in [-0.39, 0.29) is 11.8 Å². The van der Waals surface area contributed by atoms with Crippen LogP contribution in [0.2, 0.25) is 0 Å². The number of H-pyrrole nitrogens is 1. The normalized spacial score (nSPS) is 17.1. The minimum Gasteiger partial charge on any atom is -0.360 e. The molecule has 0 amide bonds. The van der Waals surface area contributed by atoms with Crippen molar-refractivity contribution in [3.8, 4) is 0 Å². The maximum Gasteiger partial charge on any atom is 0.417 e. The Hall–Kier alpha value is -2.87. The van der Waals surface area contributed by atoms with E-state index >= 15 is 0 Å². The number of hydrogen-bond acceptors (Lipinski definition) is 4. The number of pyridine rings is 1. The van der Waals surface area contributed by atoms with Crippen molar-refractivity contribution in [1.82, 2.24) is 14.9 Å². The molecular formula is C22H23F3N4O. The summed E-state index contributed by atoms with van der Waals surface area (Å²) in [6.07, 6.45) is -0.950. The van der Waals surface area contributed by atoms with Crippen LogP contribution in [0.4, 0.5) is 19.0 Å². The first-order valence-corrected chi connectivity index (χ1v) is 9.97. The molecular weight excluding hydrogens is 393 g/mol. The summed E-state index contributed by atoms with van der Waals surface area (Å²) in [7, 11) is 0. The van der Waals surface area contributed by atoms with Gasteiger partial charge in [0.25, 0.3) is 0 Å². The number of nitrogens with one attached hydrogen (secondary N) is 1. The Balaban J connectivity index is 1.44. The molecule has 158 valence electrons. The molecule has 1 aromatic carbocycles. The van der Waals surface area contributed by atoms with Crippen molar-refractivity contribution in [1.29, 1.82) is 0 Å². The van der Waals surface area contributed by atoms with Gasteiger partial charge in [-0.1, -0.05) is 18.2 Å². The van der Waals surface area contributed by atoms with Gasteiger partial charge in [0.2, 0.25) is 0 Å². The molecule has 1 aliphatic heterocycles. The molecule has 30 heavy (non-hydrogen) atoms. The monoisotopic (exact) mass is 416 g/mol. The van der Waals surface area contributed by atoms with Gasteiger partial charge in [0.05, 0.1) is 11.6 Å². The highest BCUT2D eigenvalue weighted by Crippen LogP contribution is 2.29. The standard InChI is InChI=1S/C22H23F3N4O/c1-15(21(30)18-14-26-19-6-3-2-5-17(18)19)28-9-4-10-29(12-11-28)20-8-7-16(13-27-20)22(23,24)25/h2-3,5-8,13-15,26H,4,9-12H2,1H3. The van der Waals surface area contributed by atoms with Crippen molar-refractivity contribution in [2.75, 3.05) is 31.1 Å². The highest BCUT2D eigenvalue weighted by Gasteiger charge is 2.31. The van der Waals surface area contributed by atoms with E-state index < -0.39 is 11.7 Å². The van der Waals surface area contributed by atoms with E-state index in [2.05, 4.69) is 14.9 Å². The second-order valence-corrected chi connectivity index (χ2v) is 7.57. The Morgan fingerprint density at radius 1 is 1.10 bits per heavy atom. The molecule has 1 aliphatic rings. The predicted octanol–water partition coefficient (Wildman–Crippen LogP) is 4.37. The number of alkyl halides is 3. The molecule has 1 atom stereocenters. The van der Waals surface area contributed by atoms with Crippen LogP contribution in [0.5, 0.6) is 0 Å². The van der Waals surface area contributed by atoms with Crippen molar-refractivity contribution in [2.24, 2.45) is 0 Å². The van der Waals surface area contributed by atoms with Crippen LogP contribution in [0.3, 0.4) is 0 Å². The first-order valence-electron chi connectivity index (χ1n) is 9.97. The zero-order valence-electron chi connectivity index (χ0n) is 16.6. The highest BCUT2D eigenvalue weighted by molar-refractivity contribution is 6.10. The molecule has 8 heteroatoms. The van der Waals surface area contributed by atoms with E-state index in [1.807, 2.05) is 36.1 Å². The SMILES string of the molecule is CC(C(=O)c1c[nH]c2ccccc12)N1CCCN(c2ccc(C(F)(F)F)cn2)CC1. The average molecular weight is 416 g/mol. The van der Waals surface area contributed by atoms with Gasteiger partial charge in [0.1, 0.15) is 5.82 Å². The molecule has 0 aliphatic carbocycles. The van der Waals surface area contributed by atoms with Gasteiger partial charge in [0.15, 0.2) is 5.78 Å². The number of hydrogen-bond donors (Lipinski definition) is 1. The number of benzene rings is 1. The summed E-state index contributed by atoms with van der Waals surface area (Å²) in [5.74, 6) is 0.592. The molecule has 1 saturated heterocycles. The number of para-hydroxylation sites is 1. The number of nitrogens with zero attached hydrogens (tertiary/aromatic N) is 3. The molecule has 1 N–H and O–H groups in total. The third-order valence-corrected chi connectivity index (χ3v) is 5.71. The first-order chi connectivity index (χ1) is 14.3. The lowest BCUT2D eigenvalue weighted by molar-refractivity contribution is -0.137. The predicted molar refractivity (Wildman–Crippen MR) is 110 cm³/mol. The smallest absolute Gasteiger partial charge is 0.360 e. The number of carbonyl (C=O) groups excluding carboxylic acids is 1. The molecule has 2 aromatic heterocycles. The third-order valence-electron chi connectivity index (χ3n) is 5.71. The van der Waals surface area contributed by atoms with E-state index in [4.69, 9.17) is 0 Å². The van der Waals surface area contributed by atoms with Crippen molar-refractivity contribution >= 4 is 22.5 Å². The fourth-order valence-corrected chi connectivity index (χ4v) is 3.96. The van der Waals surface area contributed by atoms with Crippen LogP contribution in [0, 0.1) is 0 Å². The van der Waals surface area contributed by atoms with Gasteiger partial charge in [-0.2, -0.15) is 13.2 Å². The number of halogens is 3. The van der Waals surface area contributed by atoms with Crippen LogP contribution in [0.15, 0.2) is 48.8 Å². The lowest BCUT2D eigenvalue weighted by atomic mass is 10.0. The van der Waals surface area contributed by atoms with E-state index in [0.29, 0.717) is 31.0 Å². The van der Waals surface area contributed by atoms with Crippen LogP contribution in [-0.4, -0.2) is 52.9 Å². The fourth-order valence-electron chi connectivity index (χ4n) is 3.96. The lowest BCUT2D eigenvalue weighted by Gasteiger charge is -2.27. The molecule has 1 unspecified atom stereocenters. The lowest BCUT2D eigenvalue weighted by Crippen LogP contribution is -2.41. The van der Waals surface area contributed by atoms with Gasteiger partial charge in [-0.05, 0) is 31.5 Å². The average Bonchev–Trinajstić information content (AvgIpc) is 3.01. The maximum absolute atomic E-state index is 13.1. The Morgan fingerprint density at radius 3 is 2.63 bits per heavy atom. The molecule has 0 bridgehead atoms. The van der Waals surface area contributed by atoms with E-state index in [0.717, 1.165) is 36.1 Å². The molecule has 3 heterocycles. The Bertz CT molecular complexity index is 1030. The number of carbonyl (C=O) groups is 1. The largest absolute Gasteiger partial charge is 0.417 e. The molecule has 0 saturated carbocycles. The number of aromatic nitrogens is 2. The Labute approximate surface area is 172 Å². The number of rotatable bonds is 4. The minimum atomic E-state index is -4.39. The third kappa shape index (κ3) is 4.05. The van der Waals surface area contributed by atoms with Crippen LogP contribution in [-0.2, 0) is 6.18 Å². The van der Waals surface area contributed by atoms with Crippen molar-refractivity contribution in [3.63, 3.8) is 0 Å².